The predicted octanol–water partition coefficient (Wildman–Crippen LogP) is 5.29. The van der Waals surface area contributed by atoms with Crippen LogP contribution in [0.2, 0.25) is 0 Å². The minimum absolute atomic E-state index is 0.275. The lowest BCUT2D eigenvalue weighted by atomic mass is 10.0. The van der Waals surface area contributed by atoms with Crippen molar-refractivity contribution >= 4 is 38.9 Å². The Balaban J connectivity index is 1.55. The molecule has 1 aliphatic carbocycles. The number of nitrogens with zero attached hydrogens (tertiary/aromatic N) is 1. The maximum absolute atomic E-state index is 13.7. The molecule has 4 aromatic rings. The molecule has 27 heavy (non-hydrogen) atoms. The van der Waals surface area contributed by atoms with Crippen LogP contribution in [-0.4, -0.2) is 5.96 Å². The summed E-state index contributed by atoms with van der Waals surface area (Å²) in [6, 6.07) is 21.0. The Hall–Kier alpha value is -3.40. The predicted molar refractivity (Wildman–Crippen MR) is 110 cm³/mol. The Morgan fingerprint density at radius 3 is 2.67 bits per heavy atom. The normalized spacial score (nSPS) is 13.4. The second-order valence-electron chi connectivity index (χ2n) is 6.87. The summed E-state index contributed by atoms with van der Waals surface area (Å²) in [7, 11) is 0. The molecular formula is C23H18FN3. The lowest BCUT2D eigenvalue weighted by Gasteiger charge is -2.11. The SMILES string of the molecule is NC(=Nc1ccc2cccc3c2c1CC3)Nc1cccc2ccc(F)cc12. The van der Waals surface area contributed by atoms with E-state index in [1.807, 2.05) is 24.3 Å². The smallest absolute Gasteiger partial charge is 0.198 e. The molecule has 0 amide bonds. The van der Waals surface area contributed by atoms with Crippen molar-refractivity contribution in [2.45, 2.75) is 12.8 Å². The number of fused-ring (bicyclic) bond motifs is 1. The van der Waals surface area contributed by atoms with Gasteiger partial charge in [-0.15, -0.1) is 0 Å². The van der Waals surface area contributed by atoms with E-state index in [-0.39, 0.29) is 5.82 Å². The number of nitrogens with two attached hydrogens (primary N) is 1. The fraction of sp³-hybridized carbons (Fsp3) is 0.0870. The number of halogens is 1. The first-order chi connectivity index (χ1) is 13.2. The minimum Gasteiger partial charge on any atom is -0.369 e. The number of aliphatic imine (C=N–C) groups is 1. The van der Waals surface area contributed by atoms with Gasteiger partial charge in [-0.3, -0.25) is 0 Å². The highest BCUT2D eigenvalue weighted by Gasteiger charge is 2.17. The Bertz CT molecular complexity index is 1230. The number of hydrogen-bond acceptors (Lipinski definition) is 1. The quantitative estimate of drug-likeness (QED) is 0.379. The fourth-order valence-corrected chi connectivity index (χ4v) is 4.00. The van der Waals surface area contributed by atoms with Crippen LogP contribution in [0.25, 0.3) is 21.5 Å². The zero-order valence-corrected chi connectivity index (χ0v) is 14.7. The van der Waals surface area contributed by atoms with Gasteiger partial charge in [0.05, 0.1) is 5.69 Å². The lowest BCUT2D eigenvalue weighted by molar-refractivity contribution is 0.630. The van der Waals surface area contributed by atoms with Crippen molar-refractivity contribution in [2.75, 3.05) is 5.32 Å². The van der Waals surface area contributed by atoms with E-state index in [2.05, 4.69) is 34.6 Å². The van der Waals surface area contributed by atoms with Gasteiger partial charge in [-0.1, -0.05) is 42.5 Å². The molecule has 0 heterocycles. The molecule has 0 bridgehead atoms. The molecule has 3 nitrogen and oxygen atoms in total. The van der Waals surface area contributed by atoms with Gasteiger partial charge >= 0.3 is 0 Å². The van der Waals surface area contributed by atoms with Crippen molar-refractivity contribution in [3.05, 3.63) is 83.7 Å². The maximum Gasteiger partial charge on any atom is 0.198 e. The van der Waals surface area contributed by atoms with E-state index in [4.69, 9.17) is 5.73 Å². The third-order valence-electron chi connectivity index (χ3n) is 5.21. The largest absolute Gasteiger partial charge is 0.369 e. The van der Waals surface area contributed by atoms with Gasteiger partial charge in [0.15, 0.2) is 5.96 Å². The summed E-state index contributed by atoms with van der Waals surface area (Å²) in [6.07, 6.45) is 2.01. The number of rotatable bonds is 2. The van der Waals surface area contributed by atoms with Gasteiger partial charge in [0, 0.05) is 11.1 Å². The van der Waals surface area contributed by atoms with Crippen LogP contribution in [0.5, 0.6) is 0 Å². The van der Waals surface area contributed by atoms with Gasteiger partial charge in [0.25, 0.3) is 0 Å². The highest BCUT2D eigenvalue weighted by atomic mass is 19.1. The van der Waals surface area contributed by atoms with Crippen molar-refractivity contribution in [2.24, 2.45) is 10.7 Å². The summed E-state index contributed by atoms with van der Waals surface area (Å²) in [5, 5.41) is 7.41. The zero-order chi connectivity index (χ0) is 18.4. The molecule has 0 aromatic heterocycles. The zero-order valence-electron chi connectivity index (χ0n) is 14.7. The van der Waals surface area contributed by atoms with Crippen LogP contribution in [0.4, 0.5) is 15.8 Å². The van der Waals surface area contributed by atoms with E-state index in [1.54, 1.807) is 6.07 Å². The van der Waals surface area contributed by atoms with E-state index < -0.39 is 0 Å². The standard InChI is InChI=1S/C23H18FN3/c24-17-10-7-14-3-2-6-20(19(14)13-17)26-23(25)27-21-12-9-16-5-1-4-15-8-11-18(21)22(15)16/h1-7,9-10,12-13H,8,11H2,(H3,25,26,27). The molecule has 3 N–H and O–H groups in total. The third kappa shape index (κ3) is 2.70. The summed E-state index contributed by atoms with van der Waals surface area (Å²) < 4.78 is 13.7. The van der Waals surface area contributed by atoms with Gasteiger partial charge in [-0.25, -0.2) is 9.38 Å². The maximum atomic E-state index is 13.7. The average Bonchev–Trinajstić information content (AvgIpc) is 3.11. The van der Waals surface area contributed by atoms with Crippen LogP contribution in [0.1, 0.15) is 11.1 Å². The highest BCUT2D eigenvalue weighted by Crippen LogP contribution is 2.37. The van der Waals surface area contributed by atoms with Crippen LogP contribution in [0.3, 0.4) is 0 Å². The molecule has 5 rings (SSSR count). The summed E-state index contributed by atoms with van der Waals surface area (Å²) in [6.45, 7) is 0. The molecular weight excluding hydrogens is 337 g/mol. The van der Waals surface area contributed by atoms with Crippen molar-refractivity contribution in [3.63, 3.8) is 0 Å². The Morgan fingerprint density at radius 1 is 0.926 bits per heavy atom. The number of anilines is 1. The van der Waals surface area contributed by atoms with Crippen molar-refractivity contribution in [3.8, 4) is 0 Å². The number of benzene rings is 4. The van der Waals surface area contributed by atoms with Gasteiger partial charge in [0.1, 0.15) is 5.82 Å². The number of aryl methyl sites for hydroxylation is 2. The van der Waals surface area contributed by atoms with Crippen LogP contribution < -0.4 is 11.1 Å². The topological polar surface area (TPSA) is 50.4 Å². The molecule has 0 unspecified atom stereocenters. The molecule has 1 aliphatic rings. The summed E-state index contributed by atoms with van der Waals surface area (Å²) >= 11 is 0. The van der Waals surface area contributed by atoms with Crippen molar-refractivity contribution in [1.82, 2.24) is 0 Å². The third-order valence-corrected chi connectivity index (χ3v) is 5.21. The van der Waals surface area contributed by atoms with Crippen LogP contribution in [0.15, 0.2) is 71.7 Å². The highest BCUT2D eigenvalue weighted by molar-refractivity contribution is 6.04. The van der Waals surface area contributed by atoms with Crippen LogP contribution in [-0.2, 0) is 12.8 Å². The first-order valence-electron chi connectivity index (χ1n) is 9.02. The summed E-state index contributed by atoms with van der Waals surface area (Å²) in [5.41, 5.74) is 10.4. The van der Waals surface area contributed by atoms with Crippen LogP contribution >= 0.6 is 0 Å². The van der Waals surface area contributed by atoms with E-state index in [1.165, 1.54) is 34.0 Å². The van der Waals surface area contributed by atoms with Gasteiger partial charge in [0.2, 0.25) is 0 Å². The lowest BCUT2D eigenvalue weighted by Crippen LogP contribution is -2.22. The van der Waals surface area contributed by atoms with E-state index >= 15 is 0 Å². The fourth-order valence-electron chi connectivity index (χ4n) is 4.00. The minimum atomic E-state index is -0.275. The summed E-state index contributed by atoms with van der Waals surface area (Å²) in [4.78, 5) is 4.63. The molecule has 0 saturated carbocycles. The number of nitrogens with one attached hydrogen (secondary N) is 1. The first kappa shape index (κ1) is 15.8. The summed E-state index contributed by atoms with van der Waals surface area (Å²) in [5.74, 6) is 0.0224. The second-order valence-corrected chi connectivity index (χ2v) is 6.87. The average molecular weight is 355 g/mol. The first-order valence-corrected chi connectivity index (χ1v) is 9.02. The molecule has 4 aromatic carbocycles. The van der Waals surface area contributed by atoms with Gasteiger partial charge < -0.3 is 11.1 Å². The molecule has 0 aliphatic heterocycles. The van der Waals surface area contributed by atoms with E-state index in [0.717, 1.165) is 35.0 Å². The van der Waals surface area contributed by atoms with Crippen molar-refractivity contribution < 1.29 is 4.39 Å². The molecule has 0 radical (unpaired) electrons. The van der Waals surface area contributed by atoms with E-state index in [0.29, 0.717) is 5.96 Å². The van der Waals surface area contributed by atoms with E-state index in [9.17, 15) is 4.39 Å². The Labute approximate surface area is 156 Å². The monoisotopic (exact) mass is 355 g/mol. The molecule has 132 valence electrons. The molecule has 4 heteroatoms. The second kappa shape index (κ2) is 6.09. The number of guanidine groups is 1. The van der Waals surface area contributed by atoms with Gasteiger partial charge in [-0.05, 0) is 64.4 Å². The molecule has 0 saturated heterocycles. The van der Waals surface area contributed by atoms with Gasteiger partial charge in [-0.2, -0.15) is 0 Å². The molecule has 0 spiro atoms. The number of hydrogen-bond donors (Lipinski definition) is 2. The van der Waals surface area contributed by atoms with Crippen molar-refractivity contribution in [1.29, 1.82) is 0 Å². The van der Waals surface area contributed by atoms with Crippen LogP contribution in [0, 0.1) is 5.82 Å². The Kier molecular flexibility index (Phi) is 3.57. The molecule has 0 fully saturated rings. The molecule has 0 atom stereocenters. The Morgan fingerprint density at radius 2 is 1.74 bits per heavy atom.